The summed E-state index contributed by atoms with van der Waals surface area (Å²) in [5, 5.41) is 4.54. The van der Waals surface area contributed by atoms with Crippen molar-refractivity contribution >= 4 is 32.7 Å². The van der Waals surface area contributed by atoms with Gasteiger partial charge in [0, 0.05) is 32.8 Å². The van der Waals surface area contributed by atoms with E-state index >= 15 is 0 Å². The Morgan fingerprint density at radius 1 is 0.302 bits per heavy atom. The number of fused-ring (bicyclic) bond motifs is 5. The highest BCUT2D eigenvalue weighted by atomic mass is 16.3. The first-order chi connectivity index (χ1) is 26.3. The predicted molar refractivity (Wildman–Crippen MR) is 217 cm³/mol. The van der Waals surface area contributed by atoms with Crippen molar-refractivity contribution in [2.24, 2.45) is 0 Å². The van der Waals surface area contributed by atoms with E-state index in [9.17, 15) is 0 Å². The van der Waals surface area contributed by atoms with Crippen LogP contribution in [0.1, 0.15) is 0 Å². The standard InChI is InChI=1S/C49H31N3O/c1-4-13-34(14-5-1)39-20-12-21-40-43(39)31-42(45-41-19-10-11-22-44(41)53-46(40)45)35-27-23-32(24-28-35)33-25-29-38(30-26-33)49-51-47(36-15-6-2-7-16-36)50-48(52-49)37-17-8-3-9-18-37/h1-31H. The molecule has 0 aliphatic rings. The molecule has 0 bridgehead atoms. The van der Waals surface area contributed by atoms with Crippen molar-refractivity contribution in [3.63, 3.8) is 0 Å². The Bertz CT molecular complexity index is 2840. The molecule has 0 aliphatic heterocycles. The van der Waals surface area contributed by atoms with Crippen LogP contribution in [0.25, 0.3) is 100 Å². The molecule has 0 atom stereocenters. The molecule has 0 saturated heterocycles. The lowest BCUT2D eigenvalue weighted by molar-refractivity contribution is 0.673. The van der Waals surface area contributed by atoms with Crippen LogP contribution in [-0.4, -0.2) is 15.0 Å². The molecule has 4 heteroatoms. The Balaban J connectivity index is 1.04. The molecule has 2 heterocycles. The van der Waals surface area contributed by atoms with Crippen molar-refractivity contribution in [1.29, 1.82) is 0 Å². The van der Waals surface area contributed by atoms with Gasteiger partial charge < -0.3 is 4.42 Å². The van der Waals surface area contributed by atoms with Crippen molar-refractivity contribution in [3.8, 4) is 67.5 Å². The molecule has 0 amide bonds. The fraction of sp³-hybridized carbons (Fsp3) is 0. The summed E-state index contributed by atoms with van der Waals surface area (Å²) in [6.45, 7) is 0. The van der Waals surface area contributed by atoms with Gasteiger partial charge >= 0.3 is 0 Å². The molecule has 53 heavy (non-hydrogen) atoms. The molecular weight excluding hydrogens is 647 g/mol. The maximum absolute atomic E-state index is 6.61. The normalized spacial score (nSPS) is 11.4. The second-order valence-corrected chi connectivity index (χ2v) is 13.2. The van der Waals surface area contributed by atoms with Crippen LogP contribution in [0.15, 0.2) is 192 Å². The van der Waals surface area contributed by atoms with E-state index in [1.54, 1.807) is 0 Å². The van der Waals surface area contributed by atoms with E-state index in [4.69, 9.17) is 19.4 Å². The Hall–Kier alpha value is -7.17. The molecule has 0 saturated carbocycles. The minimum atomic E-state index is 0.641. The molecule has 0 spiro atoms. The number of nitrogens with zero attached hydrogens (tertiary/aromatic N) is 3. The highest BCUT2D eigenvalue weighted by molar-refractivity contribution is 6.23. The van der Waals surface area contributed by atoms with Crippen molar-refractivity contribution in [3.05, 3.63) is 188 Å². The fourth-order valence-electron chi connectivity index (χ4n) is 7.33. The van der Waals surface area contributed by atoms with Crippen molar-refractivity contribution in [2.75, 3.05) is 0 Å². The average molecular weight is 678 g/mol. The largest absolute Gasteiger partial charge is 0.455 e. The highest BCUT2D eigenvalue weighted by Crippen LogP contribution is 2.44. The minimum absolute atomic E-state index is 0.641. The molecular formula is C49H31N3O. The van der Waals surface area contributed by atoms with E-state index in [-0.39, 0.29) is 0 Å². The van der Waals surface area contributed by atoms with Crippen LogP contribution >= 0.6 is 0 Å². The van der Waals surface area contributed by atoms with Gasteiger partial charge in [0.2, 0.25) is 0 Å². The smallest absolute Gasteiger partial charge is 0.164 e. The molecule has 0 unspecified atom stereocenters. The Kier molecular flexibility index (Phi) is 7.43. The van der Waals surface area contributed by atoms with E-state index in [0.29, 0.717) is 17.5 Å². The van der Waals surface area contributed by atoms with Crippen LogP contribution < -0.4 is 0 Å². The number of hydrogen-bond acceptors (Lipinski definition) is 4. The zero-order chi connectivity index (χ0) is 35.1. The molecule has 0 radical (unpaired) electrons. The lowest BCUT2D eigenvalue weighted by Crippen LogP contribution is -2.00. The van der Waals surface area contributed by atoms with Gasteiger partial charge in [-0.3, -0.25) is 0 Å². The van der Waals surface area contributed by atoms with Crippen LogP contribution in [0.5, 0.6) is 0 Å². The van der Waals surface area contributed by atoms with Crippen LogP contribution in [0.3, 0.4) is 0 Å². The number of para-hydroxylation sites is 1. The first-order valence-electron chi connectivity index (χ1n) is 17.8. The van der Waals surface area contributed by atoms with Crippen LogP contribution in [0.4, 0.5) is 0 Å². The summed E-state index contributed by atoms with van der Waals surface area (Å²) in [5.41, 5.74) is 11.6. The third-order valence-corrected chi connectivity index (χ3v) is 9.96. The minimum Gasteiger partial charge on any atom is -0.455 e. The van der Waals surface area contributed by atoms with Crippen molar-refractivity contribution in [2.45, 2.75) is 0 Å². The molecule has 0 N–H and O–H groups in total. The first-order valence-corrected chi connectivity index (χ1v) is 17.8. The summed E-state index contributed by atoms with van der Waals surface area (Å²) in [6.07, 6.45) is 0. The molecule has 248 valence electrons. The zero-order valence-corrected chi connectivity index (χ0v) is 28.6. The maximum Gasteiger partial charge on any atom is 0.164 e. The summed E-state index contributed by atoms with van der Waals surface area (Å²) in [6, 6.07) is 65.2. The lowest BCUT2D eigenvalue weighted by atomic mass is 9.91. The number of rotatable bonds is 6. The van der Waals surface area contributed by atoms with Gasteiger partial charge in [-0.15, -0.1) is 0 Å². The van der Waals surface area contributed by atoms with E-state index in [1.807, 2.05) is 66.7 Å². The van der Waals surface area contributed by atoms with Crippen LogP contribution in [0, 0.1) is 0 Å². The number of furan rings is 1. The second kappa shape index (κ2) is 12.9. The SMILES string of the molecule is c1ccc(-c2nc(-c3ccccc3)nc(-c3ccc(-c4ccc(-c5cc6c(-c7ccccc7)cccc6c6oc7ccccc7c56)cc4)cc3)n2)cc1. The molecule has 0 fully saturated rings. The Labute approximate surface area is 306 Å². The highest BCUT2D eigenvalue weighted by Gasteiger charge is 2.18. The van der Waals surface area contributed by atoms with E-state index in [2.05, 4.69) is 121 Å². The van der Waals surface area contributed by atoms with Gasteiger partial charge in [-0.2, -0.15) is 0 Å². The molecule has 8 aromatic carbocycles. The number of aromatic nitrogens is 3. The van der Waals surface area contributed by atoms with E-state index in [1.165, 1.54) is 16.5 Å². The lowest BCUT2D eigenvalue weighted by Gasteiger charge is -2.12. The third kappa shape index (κ3) is 5.54. The van der Waals surface area contributed by atoms with Gasteiger partial charge in [0.15, 0.2) is 17.5 Å². The third-order valence-electron chi connectivity index (χ3n) is 9.96. The Morgan fingerprint density at radius 2 is 0.736 bits per heavy atom. The van der Waals surface area contributed by atoms with Gasteiger partial charge in [-0.05, 0) is 50.9 Å². The first kappa shape index (κ1) is 30.6. The summed E-state index contributed by atoms with van der Waals surface area (Å²) in [5.74, 6) is 1.94. The monoisotopic (exact) mass is 677 g/mol. The quantitative estimate of drug-likeness (QED) is 0.176. The topological polar surface area (TPSA) is 51.8 Å². The van der Waals surface area contributed by atoms with Crippen molar-refractivity contribution in [1.82, 2.24) is 15.0 Å². The summed E-state index contributed by atoms with van der Waals surface area (Å²) < 4.78 is 6.61. The van der Waals surface area contributed by atoms with Gasteiger partial charge in [0.25, 0.3) is 0 Å². The molecule has 4 nitrogen and oxygen atoms in total. The Morgan fingerprint density at radius 3 is 1.32 bits per heavy atom. The fourth-order valence-corrected chi connectivity index (χ4v) is 7.33. The average Bonchev–Trinajstić information content (AvgIpc) is 3.64. The second-order valence-electron chi connectivity index (χ2n) is 13.2. The summed E-state index contributed by atoms with van der Waals surface area (Å²) in [7, 11) is 0. The maximum atomic E-state index is 6.61. The van der Waals surface area contributed by atoms with Gasteiger partial charge in [0.05, 0.1) is 0 Å². The molecule has 10 aromatic rings. The van der Waals surface area contributed by atoms with Crippen LogP contribution in [-0.2, 0) is 0 Å². The van der Waals surface area contributed by atoms with E-state index < -0.39 is 0 Å². The van der Waals surface area contributed by atoms with Gasteiger partial charge in [-0.1, -0.05) is 176 Å². The van der Waals surface area contributed by atoms with Gasteiger partial charge in [-0.25, -0.2) is 15.0 Å². The predicted octanol–water partition coefficient (Wildman–Crippen LogP) is 12.9. The molecule has 2 aromatic heterocycles. The molecule has 0 aliphatic carbocycles. The number of hydrogen-bond donors (Lipinski definition) is 0. The summed E-state index contributed by atoms with van der Waals surface area (Å²) >= 11 is 0. The van der Waals surface area contributed by atoms with E-state index in [0.717, 1.165) is 66.3 Å². The van der Waals surface area contributed by atoms with Crippen molar-refractivity contribution < 1.29 is 4.42 Å². The molecule has 10 rings (SSSR count). The van der Waals surface area contributed by atoms with Crippen LogP contribution in [0.2, 0.25) is 0 Å². The summed E-state index contributed by atoms with van der Waals surface area (Å²) in [4.78, 5) is 14.7. The van der Waals surface area contributed by atoms with Gasteiger partial charge in [0.1, 0.15) is 11.2 Å². The zero-order valence-electron chi connectivity index (χ0n) is 28.6. The number of benzene rings is 8.